The number of benzene rings is 2. The molecule has 25 heavy (non-hydrogen) atoms. The average molecular weight is 431 g/mol. The molecule has 0 unspecified atom stereocenters. The number of sulfonamides is 1. The molecule has 0 saturated carbocycles. The summed E-state index contributed by atoms with van der Waals surface area (Å²) >= 11 is 3.12. The van der Waals surface area contributed by atoms with Crippen molar-refractivity contribution in [3.8, 4) is 5.75 Å². The van der Waals surface area contributed by atoms with E-state index in [2.05, 4.69) is 21.2 Å². The monoisotopic (exact) mass is 430 g/mol. The molecule has 9 heteroatoms. The number of nitrogens with one attached hydrogen (secondary N) is 1. The van der Waals surface area contributed by atoms with Crippen molar-refractivity contribution < 1.29 is 22.3 Å². The lowest BCUT2D eigenvalue weighted by Crippen LogP contribution is -2.22. The third-order valence-corrected chi connectivity index (χ3v) is 5.68. The molecule has 0 fully saturated rings. The van der Waals surface area contributed by atoms with Crippen LogP contribution in [0.2, 0.25) is 0 Å². The van der Waals surface area contributed by atoms with Crippen LogP contribution in [0.15, 0.2) is 45.8 Å². The van der Waals surface area contributed by atoms with Gasteiger partial charge in [0.25, 0.3) is 5.91 Å². The number of halogens is 2. The van der Waals surface area contributed by atoms with Crippen molar-refractivity contribution >= 4 is 37.5 Å². The summed E-state index contributed by atoms with van der Waals surface area (Å²) in [5.41, 5.74) is -0.0520. The maximum Gasteiger partial charge on any atom is 0.258 e. The van der Waals surface area contributed by atoms with Crippen LogP contribution in [0.3, 0.4) is 0 Å². The van der Waals surface area contributed by atoms with Gasteiger partial charge in [0.2, 0.25) is 10.0 Å². The second-order valence-corrected chi connectivity index (χ2v) is 8.30. The number of methoxy groups -OCH3 is 1. The molecule has 0 spiro atoms. The molecule has 2 aromatic carbocycles. The summed E-state index contributed by atoms with van der Waals surface area (Å²) in [6.45, 7) is 0. The third kappa shape index (κ3) is 4.17. The first kappa shape index (κ1) is 19.4. The predicted molar refractivity (Wildman–Crippen MR) is 95.9 cm³/mol. The van der Waals surface area contributed by atoms with E-state index in [0.717, 1.165) is 4.31 Å². The van der Waals surface area contributed by atoms with E-state index in [0.29, 0.717) is 4.47 Å². The van der Waals surface area contributed by atoms with E-state index in [1.54, 1.807) is 0 Å². The molecule has 0 aromatic heterocycles. The Bertz CT molecular complexity index is 916. The number of amides is 1. The zero-order valence-corrected chi connectivity index (χ0v) is 16.1. The van der Waals surface area contributed by atoms with Crippen LogP contribution < -0.4 is 10.1 Å². The minimum Gasteiger partial charge on any atom is -0.495 e. The van der Waals surface area contributed by atoms with Gasteiger partial charge in [0, 0.05) is 18.6 Å². The van der Waals surface area contributed by atoms with Crippen molar-refractivity contribution in [1.29, 1.82) is 0 Å². The molecule has 0 atom stereocenters. The molecule has 134 valence electrons. The molecular formula is C16H16BrFN2O4S. The molecule has 0 aliphatic heterocycles. The summed E-state index contributed by atoms with van der Waals surface area (Å²) in [7, 11) is 0.484. The van der Waals surface area contributed by atoms with Crippen molar-refractivity contribution in [3.05, 3.63) is 52.3 Å². The van der Waals surface area contributed by atoms with Gasteiger partial charge in [0.1, 0.15) is 11.6 Å². The molecule has 2 aromatic rings. The Labute approximate surface area is 153 Å². The summed E-state index contributed by atoms with van der Waals surface area (Å²) in [6, 6.07) is 8.07. The summed E-state index contributed by atoms with van der Waals surface area (Å²) < 4.78 is 45.1. The second kappa shape index (κ2) is 7.51. The quantitative estimate of drug-likeness (QED) is 0.790. The number of carbonyl (C=O) groups excluding carboxylic acids is 1. The molecule has 0 aliphatic carbocycles. The molecule has 0 saturated heterocycles. The molecule has 1 amide bonds. The highest BCUT2D eigenvalue weighted by atomic mass is 79.9. The number of hydrogen-bond acceptors (Lipinski definition) is 4. The topological polar surface area (TPSA) is 75.7 Å². The van der Waals surface area contributed by atoms with Crippen LogP contribution in [0.5, 0.6) is 5.75 Å². The van der Waals surface area contributed by atoms with Gasteiger partial charge in [-0.2, -0.15) is 0 Å². The molecule has 0 heterocycles. The van der Waals surface area contributed by atoms with Crippen LogP contribution in [-0.4, -0.2) is 39.8 Å². The summed E-state index contributed by atoms with van der Waals surface area (Å²) in [5.74, 6) is -1.17. The minimum atomic E-state index is -3.69. The fourth-order valence-electron chi connectivity index (χ4n) is 2.02. The van der Waals surface area contributed by atoms with Crippen LogP contribution >= 0.6 is 15.9 Å². The van der Waals surface area contributed by atoms with Crippen LogP contribution in [-0.2, 0) is 10.0 Å². The summed E-state index contributed by atoms with van der Waals surface area (Å²) in [5, 5.41) is 2.49. The fraction of sp³-hybridized carbons (Fsp3) is 0.188. The van der Waals surface area contributed by atoms with E-state index in [1.165, 1.54) is 57.6 Å². The lowest BCUT2D eigenvalue weighted by Gasteiger charge is -2.15. The molecule has 0 aliphatic rings. The summed E-state index contributed by atoms with van der Waals surface area (Å²) in [6.07, 6.45) is 0. The molecule has 2 rings (SSSR count). The van der Waals surface area contributed by atoms with Crippen LogP contribution in [0.1, 0.15) is 10.4 Å². The van der Waals surface area contributed by atoms with Crippen molar-refractivity contribution in [2.75, 3.05) is 26.5 Å². The molecular weight excluding hydrogens is 415 g/mol. The molecule has 0 radical (unpaired) electrons. The van der Waals surface area contributed by atoms with E-state index in [-0.39, 0.29) is 21.9 Å². The Balaban J connectivity index is 2.42. The van der Waals surface area contributed by atoms with E-state index < -0.39 is 21.7 Å². The largest absolute Gasteiger partial charge is 0.495 e. The van der Waals surface area contributed by atoms with E-state index in [4.69, 9.17) is 4.74 Å². The van der Waals surface area contributed by atoms with E-state index in [9.17, 15) is 17.6 Å². The number of carbonyl (C=O) groups is 1. The maximum absolute atomic E-state index is 13.9. The molecule has 0 bridgehead atoms. The minimum absolute atomic E-state index is 0.0233. The standard InChI is InChI=1S/C16H16BrFN2O4S/c1-20(2)25(22,23)11-5-7-15(24-3)14(9-11)19-16(21)12-6-4-10(17)8-13(12)18/h4-9H,1-3H3,(H,19,21). The van der Waals surface area contributed by atoms with Crippen LogP contribution in [0.4, 0.5) is 10.1 Å². The third-order valence-electron chi connectivity index (χ3n) is 3.37. The number of anilines is 1. The van der Waals surface area contributed by atoms with E-state index >= 15 is 0 Å². The number of ether oxygens (including phenoxy) is 1. The van der Waals surface area contributed by atoms with Gasteiger partial charge in [-0.3, -0.25) is 4.79 Å². The Hall–Kier alpha value is -1.97. The maximum atomic E-state index is 13.9. The molecule has 1 N–H and O–H groups in total. The van der Waals surface area contributed by atoms with Gasteiger partial charge in [-0.15, -0.1) is 0 Å². The first-order chi connectivity index (χ1) is 11.7. The first-order valence-electron chi connectivity index (χ1n) is 7.03. The highest BCUT2D eigenvalue weighted by Crippen LogP contribution is 2.29. The Morgan fingerprint density at radius 3 is 2.44 bits per heavy atom. The van der Waals surface area contributed by atoms with Crippen molar-refractivity contribution in [1.82, 2.24) is 4.31 Å². The number of hydrogen-bond donors (Lipinski definition) is 1. The van der Waals surface area contributed by atoms with Gasteiger partial charge < -0.3 is 10.1 Å². The highest BCUT2D eigenvalue weighted by molar-refractivity contribution is 9.10. The lowest BCUT2D eigenvalue weighted by molar-refractivity contribution is 0.102. The van der Waals surface area contributed by atoms with Crippen LogP contribution in [0.25, 0.3) is 0 Å². The van der Waals surface area contributed by atoms with Crippen molar-refractivity contribution in [2.24, 2.45) is 0 Å². The average Bonchev–Trinajstić information content (AvgIpc) is 2.54. The zero-order chi connectivity index (χ0) is 18.8. The normalized spacial score (nSPS) is 11.4. The Morgan fingerprint density at radius 1 is 1.20 bits per heavy atom. The number of nitrogens with zero attached hydrogens (tertiary/aromatic N) is 1. The molecule has 6 nitrogen and oxygen atoms in total. The van der Waals surface area contributed by atoms with Crippen molar-refractivity contribution in [2.45, 2.75) is 4.90 Å². The first-order valence-corrected chi connectivity index (χ1v) is 9.27. The lowest BCUT2D eigenvalue weighted by atomic mass is 10.2. The summed E-state index contributed by atoms with van der Waals surface area (Å²) in [4.78, 5) is 12.3. The Morgan fingerprint density at radius 2 is 1.88 bits per heavy atom. The van der Waals surface area contributed by atoms with Gasteiger partial charge >= 0.3 is 0 Å². The zero-order valence-electron chi connectivity index (χ0n) is 13.7. The van der Waals surface area contributed by atoms with Gasteiger partial charge in [0.05, 0.1) is 23.3 Å². The highest BCUT2D eigenvalue weighted by Gasteiger charge is 2.21. The SMILES string of the molecule is COc1ccc(S(=O)(=O)N(C)C)cc1NC(=O)c1ccc(Br)cc1F. The smallest absolute Gasteiger partial charge is 0.258 e. The van der Waals surface area contributed by atoms with Crippen molar-refractivity contribution in [3.63, 3.8) is 0 Å². The van der Waals surface area contributed by atoms with E-state index in [1.807, 2.05) is 0 Å². The second-order valence-electron chi connectivity index (χ2n) is 5.23. The van der Waals surface area contributed by atoms with Gasteiger partial charge in [-0.25, -0.2) is 17.1 Å². The predicted octanol–water partition coefficient (Wildman–Crippen LogP) is 3.10. The van der Waals surface area contributed by atoms with Gasteiger partial charge in [-0.05, 0) is 36.4 Å². The Kier molecular flexibility index (Phi) is 5.81. The van der Waals surface area contributed by atoms with Crippen LogP contribution in [0, 0.1) is 5.82 Å². The fourth-order valence-corrected chi connectivity index (χ4v) is 3.28. The van der Waals surface area contributed by atoms with Gasteiger partial charge in [0.15, 0.2) is 0 Å². The number of rotatable bonds is 5. The van der Waals surface area contributed by atoms with Gasteiger partial charge in [-0.1, -0.05) is 15.9 Å².